The van der Waals surface area contributed by atoms with Crippen molar-refractivity contribution in [2.24, 2.45) is 0 Å². The maximum Gasteiger partial charge on any atom is 0.410 e. The fourth-order valence-electron chi connectivity index (χ4n) is 2.55. The molecule has 0 unspecified atom stereocenters. The molecule has 6 heteroatoms. The Morgan fingerprint density at radius 2 is 1.85 bits per heavy atom. The lowest BCUT2D eigenvalue weighted by atomic mass is 9.95. The summed E-state index contributed by atoms with van der Waals surface area (Å²) >= 11 is 0. The van der Waals surface area contributed by atoms with E-state index in [1.54, 1.807) is 20.8 Å². The molecule has 0 radical (unpaired) electrons. The van der Waals surface area contributed by atoms with Crippen LogP contribution in [-0.2, 0) is 9.53 Å². The van der Waals surface area contributed by atoms with Crippen molar-refractivity contribution in [3.05, 3.63) is 0 Å². The number of amides is 1. The quantitative estimate of drug-likeness (QED) is 0.774. The number of likely N-dealkylation sites (tertiary alicyclic amines) is 2. The number of rotatable bonds is 2. The SMILES string of the molecule is CC(C)(C)OC(=O)N1CC(F)(CN2CCC(=O)CC2)C1. The fourth-order valence-corrected chi connectivity index (χ4v) is 2.55. The largest absolute Gasteiger partial charge is 0.444 e. The van der Waals surface area contributed by atoms with Crippen LogP contribution in [0.5, 0.6) is 0 Å². The molecule has 114 valence electrons. The highest BCUT2D eigenvalue weighted by molar-refractivity contribution is 5.79. The molecule has 2 aliphatic heterocycles. The maximum absolute atomic E-state index is 14.5. The van der Waals surface area contributed by atoms with Crippen molar-refractivity contribution in [1.82, 2.24) is 9.80 Å². The van der Waals surface area contributed by atoms with Crippen LogP contribution < -0.4 is 0 Å². The second-order valence-corrected chi connectivity index (χ2v) is 6.80. The molecule has 2 rings (SSSR count). The highest BCUT2D eigenvalue weighted by Gasteiger charge is 2.48. The van der Waals surface area contributed by atoms with Gasteiger partial charge < -0.3 is 9.64 Å². The lowest BCUT2D eigenvalue weighted by Crippen LogP contribution is -2.65. The van der Waals surface area contributed by atoms with E-state index >= 15 is 0 Å². The zero-order valence-electron chi connectivity index (χ0n) is 12.4. The van der Waals surface area contributed by atoms with Crippen LogP contribution in [0, 0.1) is 0 Å². The number of carbonyl (C=O) groups is 2. The molecule has 2 heterocycles. The first-order valence-corrected chi connectivity index (χ1v) is 7.08. The van der Waals surface area contributed by atoms with Crippen molar-refractivity contribution < 1.29 is 18.7 Å². The lowest BCUT2D eigenvalue weighted by Gasteiger charge is -2.46. The molecule has 0 N–H and O–H groups in total. The predicted molar refractivity (Wildman–Crippen MR) is 72.3 cm³/mol. The Kier molecular flexibility index (Phi) is 4.04. The zero-order valence-corrected chi connectivity index (χ0v) is 12.4. The van der Waals surface area contributed by atoms with Crippen molar-refractivity contribution in [3.63, 3.8) is 0 Å². The molecule has 0 atom stereocenters. The van der Waals surface area contributed by atoms with E-state index in [0.29, 0.717) is 32.5 Å². The Hall–Kier alpha value is -1.17. The average molecular weight is 286 g/mol. The topological polar surface area (TPSA) is 49.9 Å². The van der Waals surface area contributed by atoms with E-state index in [-0.39, 0.29) is 18.9 Å². The third-order valence-corrected chi connectivity index (χ3v) is 3.52. The van der Waals surface area contributed by atoms with Gasteiger partial charge in [0.2, 0.25) is 0 Å². The molecule has 2 aliphatic rings. The lowest BCUT2D eigenvalue weighted by molar-refractivity contribution is -0.122. The number of nitrogens with zero attached hydrogens (tertiary/aromatic N) is 2. The average Bonchev–Trinajstić information content (AvgIpc) is 2.26. The molecule has 0 saturated carbocycles. The van der Waals surface area contributed by atoms with Gasteiger partial charge in [-0.05, 0) is 20.8 Å². The molecular weight excluding hydrogens is 263 g/mol. The van der Waals surface area contributed by atoms with Gasteiger partial charge in [-0.3, -0.25) is 9.69 Å². The molecule has 5 nitrogen and oxygen atoms in total. The Labute approximate surface area is 119 Å². The first-order valence-electron chi connectivity index (χ1n) is 7.08. The molecule has 2 saturated heterocycles. The Bertz CT molecular complexity index is 390. The highest BCUT2D eigenvalue weighted by atomic mass is 19.1. The van der Waals surface area contributed by atoms with Gasteiger partial charge in [-0.25, -0.2) is 9.18 Å². The molecule has 2 fully saturated rings. The summed E-state index contributed by atoms with van der Waals surface area (Å²) in [6, 6.07) is 0. The molecule has 0 spiro atoms. The van der Waals surface area contributed by atoms with Gasteiger partial charge in [-0.2, -0.15) is 0 Å². The van der Waals surface area contributed by atoms with Crippen molar-refractivity contribution in [1.29, 1.82) is 0 Å². The highest BCUT2D eigenvalue weighted by Crippen LogP contribution is 2.28. The van der Waals surface area contributed by atoms with Crippen molar-refractivity contribution >= 4 is 11.9 Å². The van der Waals surface area contributed by atoms with E-state index in [1.807, 2.05) is 4.90 Å². The number of Topliss-reactive ketones (excluding diaryl/α,β-unsaturated/α-hetero) is 1. The number of ketones is 1. The Balaban J connectivity index is 1.76. The molecule has 0 aliphatic carbocycles. The predicted octanol–water partition coefficient (Wildman–Crippen LogP) is 1.61. The van der Waals surface area contributed by atoms with E-state index in [9.17, 15) is 14.0 Å². The standard InChI is InChI=1S/C14H23FN2O3/c1-13(2,3)20-12(19)17-9-14(15,10-17)8-16-6-4-11(18)5-7-16/h4-10H2,1-3H3. The summed E-state index contributed by atoms with van der Waals surface area (Å²) in [5.41, 5.74) is -1.92. The van der Waals surface area contributed by atoms with Crippen LogP contribution in [0.2, 0.25) is 0 Å². The van der Waals surface area contributed by atoms with E-state index in [4.69, 9.17) is 4.74 Å². The first kappa shape index (κ1) is 15.2. The van der Waals surface area contributed by atoms with Crippen LogP contribution >= 0.6 is 0 Å². The normalized spacial score (nSPS) is 23.4. The summed E-state index contributed by atoms with van der Waals surface area (Å²) in [6.45, 7) is 7.06. The Morgan fingerprint density at radius 3 is 2.35 bits per heavy atom. The number of hydrogen-bond acceptors (Lipinski definition) is 4. The third kappa shape index (κ3) is 3.91. The second-order valence-electron chi connectivity index (χ2n) is 6.80. The van der Waals surface area contributed by atoms with E-state index in [1.165, 1.54) is 4.90 Å². The first-order chi connectivity index (χ1) is 9.17. The smallest absolute Gasteiger partial charge is 0.410 e. The minimum atomic E-state index is -1.36. The maximum atomic E-state index is 14.5. The molecule has 0 aromatic rings. The van der Waals surface area contributed by atoms with Crippen LogP contribution in [-0.4, -0.2) is 65.7 Å². The third-order valence-electron chi connectivity index (χ3n) is 3.52. The summed E-state index contributed by atoms with van der Waals surface area (Å²) in [4.78, 5) is 26.2. The number of piperidine rings is 1. The minimum absolute atomic E-state index is 0.0758. The van der Waals surface area contributed by atoms with Gasteiger partial charge in [0.25, 0.3) is 0 Å². The fraction of sp³-hybridized carbons (Fsp3) is 0.857. The van der Waals surface area contributed by atoms with Gasteiger partial charge in [-0.15, -0.1) is 0 Å². The van der Waals surface area contributed by atoms with Crippen LogP contribution in [0.3, 0.4) is 0 Å². The molecule has 0 aromatic carbocycles. The molecule has 0 bridgehead atoms. The van der Waals surface area contributed by atoms with Gasteiger partial charge in [-0.1, -0.05) is 0 Å². The Morgan fingerprint density at radius 1 is 1.30 bits per heavy atom. The molecular formula is C14H23FN2O3. The number of alkyl halides is 1. The second kappa shape index (κ2) is 5.31. The van der Waals surface area contributed by atoms with E-state index in [2.05, 4.69) is 0 Å². The summed E-state index contributed by atoms with van der Waals surface area (Å²) in [5, 5.41) is 0. The monoisotopic (exact) mass is 286 g/mol. The van der Waals surface area contributed by atoms with Crippen LogP contribution in [0.25, 0.3) is 0 Å². The van der Waals surface area contributed by atoms with Crippen LogP contribution in [0.4, 0.5) is 9.18 Å². The number of carbonyl (C=O) groups excluding carboxylic acids is 2. The summed E-state index contributed by atoms with van der Waals surface area (Å²) in [6.07, 6.45) is 0.553. The molecule has 1 amide bonds. The van der Waals surface area contributed by atoms with Crippen molar-refractivity contribution in [3.8, 4) is 0 Å². The van der Waals surface area contributed by atoms with Crippen LogP contribution in [0.1, 0.15) is 33.6 Å². The van der Waals surface area contributed by atoms with Gasteiger partial charge in [0.15, 0.2) is 5.67 Å². The van der Waals surface area contributed by atoms with Crippen molar-refractivity contribution in [2.45, 2.75) is 44.9 Å². The summed E-state index contributed by atoms with van der Waals surface area (Å²) in [7, 11) is 0. The van der Waals surface area contributed by atoms with Crippen molar-refractivity contribution in [2.75, 3.05) is 32.7 Å². The van der Waals surface area contributed by atoms with E-state index < -0.39 is 17.4 Å². The van der Waals surface area contributed by atoms with Gasteiger partial charge in [0.05, 0.1) is 13.1 Å². The van der Waals surface area contributed by atoms with Gasteiger partial charge in [0.1, 0.15) is 11.4 Å². The zero-order chi connectivity index (χ0) is 15.0. The number of halogens is 1. The summed E-state index contributed by atoms with van der Waals surface area (Å²) in [5.74, 6) is 0.248. The number of ether oxygens (including phenoxy) is 1. The van der Waals surface area contributed by atoms with Gasteiger partial charge >= 0.3 is 6.09 Å². The van der Waals surface area contributed by atoms with E-state index in [0.717, 1.165) is 0 Å². The molecule has 0 aromatic heterocycles. The minimum Gasteiger partial charge on any atom is -0.444 e. The van der Waals surface area contributed by atoms with Crippen LogP contribution in [0.15, 0.2) is 0 Å². The molecule has 20 heavy (non-hydrogen) atoms. The summed E-state index contributed by atoms with van der Waals surface area (Å²) < 4.78 is 19.7. The van der Waals surface area contributed by atoms with Gasteiger partial charge in [0, 0.05) is 32.5 Å². The number of hydrogen-bond donors (Lipinski definition) is 0.